The summed E-state index contributed by atoms with van der Waals surface area (Å²) in [5, 5.41) is 0. The van der Waals surface area contributed by atoms with Gasteiger partial charge in [0.15, 0.2) is 0 Å². The van der Waals surface area contributed by atoms with Crippen LogP contribution in [0.3, 0.4) is 0 Å². The first-order valence-corrected chi connectivity index (χ1v) is 12.1. The molecule has 1 heterocycles. The van der Waals surface area contributed by atoms with Crippen LogP contribution in [0.4, 0.5) is 0 Å². The summed E-state index contributed by atoms with van der Waals surface area (Å²) in [6.07, 6.45) is 1.18. The van der Waals surface area contributed by atoms with E-state index in [0.717, 1.165) is 0 Å². The molecule has 2 rings (SSSR count). The molecule has 1 fully saturated rings. The Morgan fingerprint density at radius 1 is 0.967 bits per heavy atom. The molecule has 0 spiro atoms. The highest BCUT2D eigenvalue weighted by Gasteiger charge is 2.30. The maximum Gasteiger partial charge on any atom is 0.243 e. The highest BCUT2D eigenvalue weighted by atomic mass is 32.2. The number of carbonyl (C=O) groups is 2. The molecule has 1 aliphatic heterocycles. The molecule has 0 radical (unpaired) electrons. The van der Waals surface area contributed by atoms with Crippen molar-refractivity contribution in [3.63, 3.8) is 0 Å². The van der Waals surface area contributed by atoms with Crippen LogP contribution in [-0.2, 0) is 19.6 Å². The maximum absolute atomic E-state index is 12.8. The Bertz CT molecular complexity index is 798. The predicted octanol–water partition coefficient (Wildman–Crippen LogP) is 1.96. The first kappa shape index (κ1) is 24.1. The van der Waals surface area contributed by atoms with Gasteiger partial charge in [0.25, 0.3) is 0 Å². The van der Waals surface area contributed by atoms with Gasteiger partial charge in [0.05, 0.1) is 11.5 Å². The molecule has 1 saturated heterocycles. The minimum atomic E-state index is -3.60. The molecule has 0 atom stereocenters. The fourth-order valence-electron chi connectivity index (χ4n) is 3.48. The van der Waals surface area contributed by atoms with Gasteiger partial charge in [-0.05, 0) is 51.5 Å². The normalized spacial score (nSPS) is 15.1. The van der Waals surface area contributed by atoms with Gasteiger partial charge in [0.2, 0.25) is 21.8 Å². The van der Waals surface area contributed by atoms with Gasteiger partial charge in [0, 0.05) is 52.1 Å². The van der Waals surface area contributed by atoms with Crippen molar-refractivity contribution in [2.45, 2.75) is 44.9 Å². The van der Waals surface area contributed by atoms with E-state index in [1.54, 1.807) is 34.1 Å². The first-order chi connectivity index (χ1) is 14.3. The number of nitrogens with zero attached hydrogens (tertiary/aromatic N) is 3. The van der Waals surface area contributed by atoms with Crippen molar-refractivity contribution in [2.75, 3.05) is 45.9 Å². The van der Waals surface area contributed by atoms with Crippen molar-refractivity contribution in [2.24, 2.45) is 0 Å². The van der Waals surface area contributed by atoms with E-state index in [2.05, 4.69) is 0 Å². The van der Waals surface area contributed by atoms with E-state index in [-0.39, 0.29) is 29.8 Å². The van der Waals surface area contributed by atoms with E-state index < -0.39 is 10.0 Å². The number of rotatable bonds is 10. The third kappa shape index (κ3) is 6.18. The highest BCUT2D eigenvalue weighted by Crippen LogP contribution is 2.21. The van der Waals surface area contributed by atoms with Crippen molar-refractivity contribution in [1.82, 2.24) is 14.1 Å². The van der Waals surface area contributed by atoms with Crippen molar-refractivity contribution in [1.29, 1.82) is 0 Å². The quantitative estimate of drug-likeness (QED) is 0.556. The standard InChI is InChI=1S/C21H33N3O5S/c1-4-22(5-2)20(25)8-7-9-21(26)23-14-16-24(17-15-23)30(27,28)19-12-10-18(11-13-19)29-6-3/h10-13H,4-9,14-17H2,1-3H3. The van der Waals surface area contributed by atoms with Crippen LogP contribution in [0, 0.1) is 0 Å². The molecule has 0 bridgehead atoms. The van der Waals surface area contributed by atoms with Crippen LogP contribution in [-0.4, -0.2) is 80.2 Å². The molecule has 9 heteroatoms. The molecule has 0 aromatic heterocycles. The van der Waals surface area contributed by atoms with E-state index in [0.29, 0.717) is 57.8 Å². The fourth-order valence-corrected chi connectivity index (χ4v) is 4.91. The molecular formula is C21H33N3O5S. The maximum atomic E-state index is 12.8. The fraction of sp³-hybridized carbons (Fsp3) is 0.619. The van der Waals surface area contributed by atoms with E-state index in [1.165, 1.54) is 4.31 Å². The van der Waals surface area contributed by atoms with Crippen molar-refractivity contribution in [3.05, 3.63) is 24.3 Å². The molecule has 1 aromatic rings. The Morgan fingerprint density at radius 3 is 2.10 bits per heavy atom. The van der Waals surface area contributed by atoms with Crippen LogP contribution in [0.5, 0.6) is 5.75 Å². The van der Waals surface area contributed by atoms with Gasteiger partial charge in [-0.15, -0.1) is 0 Å². The number of carbonyl (C=O) groups excluding carboxylic acids is 2. The number of sulfonamides is 1. The lowest BCUT2D eigenvalue weighted by Crippen LogP contribution is -2.50. The largest absolute Gasteiger partial charge is 0.494 e. The minimum absolute atomic E-state index is 0.0273. The van der Waals surface area contributed by atoms with Crippen molar-refractivity contribution < 1.29 is 22.7 Å². The zero-order chi connectivity index (χ0) is 22.1. The van der Waals surface area contributed by atoms with E-state index in [1.807, 2.05) is 20.8 Å². The van der Waals surface area contributed by atoms with Crippen LogP contribution in [0.25, 0.3) is 0 Å². The molecule has 8 nitrogen and oxygen atoms in total. The van der Waals surface area contributed by atoms with Gasteiger partial charge in [-0.25, -0.2) is 8.42 Å². The molecule has 0 N–H and O–H groups in total. The summed E-state index contributed by atoms with van der Waals surface area (Å²) < 4.78 is 32.4. The molecule has 168 valence electrons. The van der Waals surface area contributed by atoms with Crippen LogP contribution in [0.15, 0.2) is 29.2 Å². The van der Waals surface area contributed by atoms with Gasteiger partial charge < -0.3 is 14.5 Å². The number of benzene rings is 1. The summed E-state index contributed by atoms with van der Waals surface area (Å²) in [6.45, 7) is 8.86. The summed E-state index contributed by atoms with van der Waals surface area (Å²) in [5.74, 6) is 0.672. The Labute approximate surface area is 179 Å². The number of hydrogen-bond donors (Lipinski definition) is 0. The monoisotopic (exact) mass is 439 g/mol. The molecular weight excluding hydrogens is 406 g/mol. The van der Waals surface area contributed by atoms with Gasteiger partial charge >= 0.3 is 0 Å². The second kappa shape index (κ2) is 11.3. The van der Waals surface area contributed by atoms with Gasteiger partial charge in [-0.3, -0.25) is 9.59 Å². The third-order valence-corrected chi connectivity index (χ3v) is 7.17. The molecule has 0 unspecified atom stereocenters. The topological polar surface area (TPSA) is 87.2 Å². The van der Waals surface area contributed by atoms with Crippen molar-refractivity contribution >= 4 is 21.8 Å². The Hall–Kier alpha value is -2.13. The zero-order valence-corrected chi connectivity index (χ0v) is 19.0. The molecule has 1 aromatic carbocycles. The second-order valence-corrected chi connectivity index (χ2v) is 9.05. The SMILES string of the molecule is CCOc1ccc(S(=O)(=O)N2CCN(C(=O)CCCC(=O)N(CC)CC)CC2)cc1. The van der Waals surface area contributed by atoms with E-state index in [9.17, 15) is 18.0 Å². The average Bonchev–Trinajstić information content (AvgIpc) is 2.75. The smallest absolute Gasteiger partial charge is 0.243 e. The lowest BCUT2D eigenvalue weighted by Gasteiger charge is -2.34. The first-order valence-electron chi connectivity index (χ1n) is 10.6. The summed E-state index contributed by atoms with van der Waals surface area (Å²) in [6, 6.07) is 6.39. The summed E-state index contributed by atoms with van der Waals surface area (Å²) in [5.41, 5.74) is 0. The molecule has 30 heavy (non-hydrogen) atoms. The van der Waals surface area contributed by atoms with Crippen LogP contribution < -0.4 is 4.74 Å². The Balaban J connectivity index is 1.83. The van der Waals surface area contributed by atoms with Crippen LogP contribution in [0.2, 0.25) is 0 Å². The Morgan fingerprint density at radius 2 is 1.57 bits per heavy atom. The number of hydrogen-bond acceptors (Lipinski definition) is 5. The Kier molecular flexibility index (Phi) is 9.10. The van der Waals surface area contributed by atoms with Gasteiger partial charge in [-0.1, -0.05) is 0 Å². The molecule has 0 saturated carbocycles. The molecule has 1 aliphatic rings. The average molecular weight is 440 g/mol. The van der Waals surface area contributed by atoms with Gasteiger partial charge in [0.1, 0.15) is 5.75 Å². The summed E-state index contributed by atoms with van der Waals surface area (Å²) in [7, 11) is -3.60. The lowest BCUT2D eigenvalue weighted by molar-refractivity contribution is -0.133. The van der Waals surface area contributed by atoms with E-state index >= 15 is 0 Å². The van der Waals surface area contributed by atoms with Crippen molar-refractivity contribution in [3.8, 4) is 5.75 Å². The minimum Gasteiger partial charge on any atom is -0.494 e. The van der Waals surface area contributed by atoms with Gasteiger partial charge in [-0.2, -0.15) is 4.31 Å². The molecule has 2 amide bonds. The number of amides is 2. The zero-order valence-electron chi connectivity index (χ0n) is 18.2. The number of ether oxygens (including phenoxy) is 1. The van der Waals surface area contributed by atoms with Crippen LogP contribution in [0.1, 0.15) is 40.0 Å². The summed E-state index contributed by atoms with van der Waals surface area (Å²) in [4.78, 5) is 28.1. The van der Waals surface area contributed by atoms with E-state index in [4.69, 9.17) is 4.74 Å². The van der Waals surface area contributed by atoms with Crippen LogP contribution >= 0.6 is 0 Å². The molecule has 0 aliphatic carbocycles. The number of piperazine rings is 1. The second-order valence-electron chi connectivity index (χ2n) is 7.11. The highest BCUT2D eigenvalue weighted by molar-refractivity contribution is 7.89. The summed E-state index contributed by atoms with van der Waals surface area (Å²) >= 11 is 0. The predicted molar refractivity (Wildman–Crippen MR) is 115 cm³/mol. The third-order valence-electron chi connectivity index (χ3n) is 5.26. The lowest BCUT2D eigenvalue weighted by atomic mass is 10.2.